The average molecular weight is 355 g/mol. The van der Waals surface area contributed by atoms with Crippen LogP contribution in [0.5, 0.6) is 11.5 Å². The van der Waals surface area contributed by atoms with E-state index in [2.05, 4.69) is 20.6 Å². The number of aryl methyl sites for hydroxylation is 1. The summed E-state index contributed by atoms with van der Waals surface area (Å²) in [4.78, 5) is 12.0. The summed E-state index contributed by atoms with van der Waals surface area (Å²) < 4.78 is 17.4. The van der Waals surface area contributed by atoms with E-state index in [1.165, 1.54) is 6.08 Å². The second-order valence-corrected chi connectivity index (χ2v) is 5.19. The van der Waals surface area contributed by atoms with Gasteiger partial charge in [0.25, 0.3) is 11.8 Å². The van der Waals surface area contributed by atoms with Crippen LogP contribution in [0.15, 0.2) is 41.0 Å². The summed E-state index contributed by atoms with van der Waals surface area (Å²) in [7, 11) is 4.86. The number of hydrogen-bond donors (Lipinski definition) is 1. The van der Waals surface area contributed by atoms with E-state index in [0.717, 1.165) is 5.56 Å². The molecule has 0 radical (unpaired) electrons. The molecule has 0 aliphatic carbocycles. The molecule has 3 rings (SSSR count). The van der Waals surface area contributed by atoms with Crippen LogP contribution in [0.3, 0.4) is 0 Å². The van der Waals surface area contributed by atoms with Gasteiger partial charge in [-0.15, -0.1) is 5.10 Å². The van der Waals surface area contributed by atoms with Gasteiger partial charge in [-0.05, 0) is 29.8 Å². The van der Waals surface area contributed by atoms with Gasteiger partial charge in [0.1, 0.15) is 5.69 Å². The largest absolute Gasteiger partial charge is 0.493 e. The van der Waals surface area contributed by atoms with E-state index in [9.17, 15) is 4.79 Å². The van der Waals surface area contributed by atoms with E-state index in [4.69, 9.17) is 13.9 Å². The van der Waals surface area contributed by atoms with Crippen molar-refractivity contribution in [3.8, 4) is 23.1 Å². The zero-order valence-corrected chi connectivity index (χ0v) is 14.5. The smallest absolute Gasteiger partial charge is 0.322 e. The number of hydrogen-bond acceptors (Lipinski definition) is 7. The monoisotopic (exact) mass is 355 g/mol. The highest BCUT2D eigenvalue weighted by Crippen LogP contribution is 2.28. The zero-order valence-electron chi connectivity index (χ0n) is 14.5. The van der Waals surface area contributed by atoms with E-state index in [0.29, 0.717) is 17.2 Å². The number of aromatic nitrogens is 4. The third kappa shape index (κ3) is 3.72. The van der Waals surface area contributed by atoms with E-state index in [-0.39, 0.29) is 11.9 Å². The van der Waals surface area contributed by atoms with Crippen LogP contribution in [-0.2, 0) is 11.8 Å². The summed E-state index contributed by atoms with van der Waals surface area (Å²) in [6, 6.07) is 7.06. The summed E-state index contributed by atoms with van der Waals surface area (Å²) in [5, 5.41) is 14.2. The molecule has 2 aromatic heterocycles. The Bertz CT molecular complexity index is 944. The molecule has 2 heterocycles. The predicted molar refractivity (Wildman–Crippen MR) is 93.7 cm³/mol. The van der Waals surface area contributed by atoms with Crippen molar-refractivity contribution < 1.29 is 18.7 Å². The number of rotatable bonds is 6. The van der Waals surface area contributed by atoms with Crippen molar-refractivity contribution in [1.82, 2.24) is 20.0 Å². The zero-order chi connectivity index (χ0) is 18.5. The molecule has 0 aliphatic rings. The minimum Gasteiger partial charge on any atom is -0.493 e. The summed E-state index contributed by atoms with van der Waals surface area (Å²) in [6.07, 6.45) is 4.61. The van der Waals surface area contributed by atoms with Crippen LogP contribution in [0, 0.1) is 0 Å². The van der Waals surface area contributed by atoms with Crippen LogP contribution in [0.25, 0.3) is 17.7 Å². The average Bonchev–Trinajstić information content (AvgIpc) is 3.28. The quantitative estimate of drug-likeness (QED) is 0.675. The Balaban J connectivity index is 1.67. The fourth-order valence-electron chi connectivity index (χ4n) is 2.24. The minimum atomic E-state index is -0.403. The number of anilines is 1. The summed E-state index contributed by atoms with van der Waals surface area (Å²) in [6.45, 7) is 0. The van der Waals surface area contributed by atoms with Gasteiger partial charge in [-0.3, -0.25) is 14.8 Å². The number of carbonyl (C=O) groups excluding carboxylic acids is 1. The number of benzene rings is 1. The van der Waals surface area contributed by atoms with Crippen LogP contribution in [0.1, 0.15) is 5.56 Å². The predicted octanol–water partition coefficient (Wildman–Crippen LogP) is 2.14. The van der Waals surface area contributed by atoms with Gasteiger partial charge < -0.3 is 13.9 Å². The molecule has 0 fully saturated rings. The normalized spacial score (nSPS) is 10.9. The van der Waals surface area contributed by atoms with Crippen LogP contribution in [-0.4, -0.2) is 40.1 Å². The molecule has 1 amide bonds. The van der Waals surface area contributed by atoms with Crippen molar-refractivity contribution in [2.45, 2.75) is 0 Å². The molecule has 9 heteroatoms. The maximum atomic E-state index is 12.0. The molecule has 0 atom stereocenters. The Morgan fingerprint density at radius 1 is 1.19 bits per heavy atom. The van der Waals surface area contributed by atoms with Crippen molar-refractivity contribution in [1.29, 1.82) is 0 Å². The van der Waals surface area contributed by atoms with Crippen molar-refractivity contribution in [3.05, 3.63) is 42.1 Å². The number of carbonyl (C=O) groups is 1. The first-order valence-electron chi connectivity index (χ1n) is 7.63. The van der Waals surface area contributed by atoms with Gasteiger partial charge in [-0.1, -0.05) is 11.2 Å². The van der Waals surface area contributed by atoms with Gasteiger partial charge in [0, 0.05) is 19.3 Å². The van der Waals surface area contributed by atoms with Crippen LogP contribution in [0.2, 0.25) is 0 Å². The molecule has 1 aromatic carbocycles. The van der Waals surface area contributed by atoms with Crippen molar-refractivity contribution >= 4 is 18.0 Å². The Labute approximate surface area is 149 Å². The summed E-state index contributed by atoms with van der Waals surface area (Å²) in [5.74, 6) is 1.06. The fraction of sp³-hybridized carbons (Fsp3) is 0.176. The lowest BCUT2D eigenvalue weighted by Crippen LogP contribution is -2.07. The Morgan fingerprint density at radius 3 is 2.69 bits per heavy atom. The minimum absolute atomic E-state index is 0.00293. The van der Waals surface area contributed by atoms with E-state index >= 15 is 0 Å². The first kappa shape index (κ1) is 17.2. The van der Waals surface area contributed by atoms with Gasteiger partial charge in [0.15, 0.2) is 11.5 Å². The maximum absolute atomic E-state index is 12.0. The number of ether oxygens (including phenoxy) is 2. The third-order valence-corrected chi connectivity index (χ3v) is 3.53. The van der Waals surface area contributed by atoms with Crippen molar-refractivity contribution in [2.24, 2.45) is 7.05 Å². The highest BCUT2D eigenvalue weighted by Gasteiger charge is 2.12. The van der Waals surface area contributed by atoms with Gasteiger partial charge in [-0.2, -0.15) is 5.10 Å². The Hall–Kier alpha value is -3.62. The van der Waals surface area contributed by atoms with Crippen molar-refractivity contribution in [2.75, 3.05) is 19.5 Å². The first-order valence-corrected chi connectivity index (χ1v) is 7.63. The Morgan fingerprint density at radius 2 is 2.00 bits per heavy atom. The number of methoxy groups -OCH3 is 2. The van der Waals surface area contributed by atoms with E-state index in [1.54, 1.807) is 62.5 Å². The second-order valence-electron chi connectivity index (χ2n) is 5.19. The molecule has 0 saturated heterocycles. The van der Waals surface area contributed by atoms with E-state index in [1.807, 2.05) is 0 Å². The molecule has 3 aromatic rings. The molecular formula is C17H17N5O4. The summed E-state index contributed by atoms with van der Waals surface area (Å²) >= 11 is 0. The van der Waals surface area contributed by atoms with Crippen molar-refractivity contribution in [3.63, 3.8) is 0 Å². The molecule has 1 N–H and O–H groups in total. The molecule has 9 nitrogen and oxygen atoms in total. The van der Waals surface area contributed by atoms with Crippen LogP contribution < -0.4 is 14.8 Å². The van der Waals surface area contributed by atoms with Gasteiger partial charge >= 0.3 is 6.01 Å². The summed E-state index contributed by atoms with van der Waals surface area (Å²) in [5.41, 5.74) is 1.43. The number of nitrogens with zero attached hydrogens (tertiary/aromatic N) is 4. The Kier molecular flexibility index (Phi) is 4.97. The van der Waals surface area contributed by atoms with Gasteiger partial charge in [0.05, 0.1) is 14.2 Å². The lowest BCUT2D eigenvalue weighted by Gasteiger charge is -2.07. The first-order chi connectivity index (χ1) is 12.6. The number of nitrogens with one attached hydrogen (secondary N) is 1. The topological polar surface area (TPSA) is 104 Å². The SMILES string of the molecule is COc1ccc(C=CC(=O)Nc2nnc(-c3ccnn3C)o2)cc1OC. The fourth-order valence-corrected chi connectivity index (χ4v) is 2.24. The molecule has 0 bridgehead atoms. The molecule has 26 heavy (non-hydrogen) atoms. The number of amides is 1. The van der Waals surface area contributed by atoms with E-state index < -0.39 is 5.91 Å². The van der Waals surface area contributed by atoms with Crippen LogP contribution in [0.4, 0.5) is 6.01 Å². The maximum Gasteiger partial charge on any atom is 0.322 e. The highest BCUT2D eigenvalue weighted by atomic mass is 16.5. The third-order valence-electron chi connectivity index (χ3n) is 3.53. The standard InChI is InChI=1S/C17H17N5O4/c1-22-12(8-9-18-22)16-20-21-17(26-16)19-15(23)7-5-11-4-6-13(24-2)14(10-11)25-3/h4-10H,1-3H3,(H,19,21,23). The van der Waals surface area contributed by atoms with Gasteiger partial charge in [-0.25, -0.2) is 0 Å². The molecule has 0 saturated carbocycles. The molecule has 0 unspecified atom stereocenters. The lowest BCUT2D eigenvalue weighted by molar-refractivity contribution is -0.112. The second kappa shape index (κ2) is 7.51. The van der Waals surface area contributed by atoms with Crippen LogP contribution >= 0.6 is 0 Å². The lowest BCUT2D eigenvalue weighted by atomic mass is 10.2. The van der Waals surface area contributed by atoms with Gasteiger partial charge in [0.2, 0.25) is 0 Å². The highest BCUT2D eigenvalue weighted by molar-refractivity contribution is 6.00. The molecule has 134 valence electrons. The molecular weight excluding hydrogens is 338 g/mol. The molecule has 0 aliphatic heterocycles. The molecule has 0 spiro atoms.